The van der Waals surface area contributed by atoms with Gasteiger partial charge in [0.2, 0.25) is 0 Å². The summed E-state index contributed by atoms with van der Waals surface area (Å²) in [5.41, 5.74) is 4.07. The van der Waals surface area contributed by atoms with E-state index in [0.717, 1.165) is 34.0 Å². The van der Waals surface area contributed by atoms with Crippen molar-refractivity contribution in [3.05, 3.63) is 116 Å². The largest absolute Gasteiger partial charge is 0.387 e. The zero-order chi connectivity index (χ0) is 26.8. The summed E-state index contributed by atoms with van der Waals surface area (Å²) in [6.07, 6.45) is 2.39. The quantitative estimate of drug-likeness (QED) is 0.255. The lowest BCUT2D eigenvalue weighted by Gasteiger charge is -2.16. The van der Waals surface area contributed by atoms with Gasteiger partial charge < -0.3 is 10.4 Å². The molecule has 1 saturated heterocycles. The van der Waals surface area contributed by atoms with Crippen LogP contribution in [0, 0.1) is 13.8 Å². The second kappa shape index (κ2) is 10.9. The van der Waals surface area contributed by atoms with Gasteiger partial charge in [0.1, 0.15) is 15.8 Å². The molecule has 9 heteroatoms. The Morgan fingerprint density at radius 1 is 1.05 bits per heavy atom. The number of pyridine rings is 1. The number of hydrogen-bond acceptors (Lipinski definition) is 7. The van der Waals surface area contributed by atoms with Crippen molar-refractivity contribution in [2.24, 2.45) is 0 Å². The van der Waals surface area contributed by atoms with Crippen LogP contribution in [0.5, 0.6) is 0 Å². The van der Waals surface area contributed by atoms with Gasteiger partial charge in [0.15, 0.2) is 0 Å². The maximum atomic E-state index is 13.6. The molecule has 1 amide bonds. The van der Waals surface area contributed by atoms with Gasteiger partial charge in [-0.3, -0.25) is 18.9 Å². The lowest BCUT2D eigenvalue weighted by atomic mass is 10.1. The smallest absolute Gasteiger partial charge is 0.267 e. The zero-order valence-corrected chi connectivity index (χ0v) is 22.6. The van der Waals surface area contributed by atoms with Crippen LogP contribution in [0.4, 0.5) is 5.82 Å². The summed E-state index contributed by atoms with van der Waals surface area (Å²) in [4.78, 5) is 33.5. The van der Waals surface area contributed by atoms with Crippen LogP contribution in [-0.2, 0) is 11.3 Å². The number of nitrogens with one attached hydrogen (secondary N) is 1. The van der Waals surface area contributed by atoms with Crippen molar-refractivity contribution < 1.29 is 9.90 Å². The number of aromatic nitrogens is 2. The monoisotopic (exact) mass is 542 g/mol. The average molecular weight is 543 g/mol. The summed E-state index contributed by atoms with van der Waals surface area (Å²) >= 11 is 6.68. The predicted molar refractivity (Wildman–Crippen MR) is 156 cm³/mol. The molecule has 1 atom stereocenters. The number of anilines is 1. The Hall–Kier alpha value is -3.79. The van der Waals surface area contributed by atoms with Crippen molar-refractivity contribution in [2.75, 3.05) is 11.9 Å². The van der Waals surface area contributed by atoms with Crippen LogP contribution in [0.1, 0.15) is 33.9 Å². The summed E-state index contributed by atoms with van der Waals surface area (Å²) in [6, 6.07) is 20.8. The molecule has 7 nitrogen and oxygen atoms in total. The molecular weight excluding hydrogens is 516 g/mol. The lowest BCUT2D eigenvalue weighted by molar-refractivity contribution is -0.122. The molecule has 1 unspecified atom stereocenters. The van der Waals surface area contributed by atoms with E-state index in [1.165, 1.54) is 4.40 Å². The van der Waals surface area contributed by atoms with Crippen LogP contribution in [0.3, 0.4) is 0 Å². The fraction of sp³-hybridized carbons (Fsp3) is 0.172. The number of aryl methyl sites for hydroxylation is 2. The molecular formula is C29H26N4O3S2. The summed E-state index contributed by atoms with van der Waals surface area (Å²) < 4.78 is 1.90. The van der Waals surface area contributed by atoms with Crippen LogP contribution in [-0.4, -0.2) is 36.2 Å². The Balaban J connectivity index is 1.50. The van der Waals surface area contributed by atoms with Crippen molar-refractivity contribution in [2.45, 2.75) is 26.5 Å². The van der Waals surface area contributed by atoms with E-state index in [-0.39, 0.29) is 23.6 Å². The molecule has 0 radical (unpaired) electrons. The average Bonchev–Trinajstić information content (AvgIpc) is 3.18. The number of benzene rings is 2. The molecule has 3 heterocycles. The molecule has 1 fully saturated rings. The molecule has 2 N–H and O–H groups in total. The summed E-state index contributed by atoms with van der Waals surface area (Å²) in [6.45, 7) is 4.37. The fourth-order valence-electron chi connectivity index (χ4n) is 4.21. The highest BCUT2D eigenvalue weighted by molar-refractivity contribution is 8.26. The third kappa shape index (κ3) is 5.26. The van der Waals surface area contributed by atoms with Gasteiger partial charge in [0, 0.05) is 12.7 Å². The fourth-order valence-corrected chi connectivity index (χ4v) is 5.44. The van der Waals surface area contributed by atoms with Crippen LogP contribution < -0.4 is 10.9 Å². The van der Waals surface area contributed by atoms with E-state index in [4.69, 9.17) is 17.2 Å². The molecule has 1 aliphatic rings. The Labute approximate surface area is 229 Å². The number of carbonyl (C=O) groups excluding carboxylic acids is 1. The second-order valence-corrected chi connectivity index (χ2v) is 10.8. The Kier molecular flexibility index (Phi) is 7.42. The Morgan fingerprint density at radius 2 is 1.79 bits per heavy atom. The third-order valence-corrected chi connectivity index (χ3v) is 7.72. The number of thioether (sulfide) groups is 1. The van der Waals surface area contributed by atoms with Gasteiger partial charge >= 0.3 is 0 Å². The predicted octanol–water partition coefficient (Wildman–Crippen LogP) is 4.86. The summed E-state index contributed by atoms with van der Waals surface area (Å²) in [5, 5.41) is 13.8. The van der Waals surface area contributed by atoms with Crippen LogP contribution in [0.15, 0.2) is 82.6 Å². The van der Waals surface area contributed by atoms with Crippen molar-refractivity contribution in [3.63, 3.8) is 0 Å². The highest BCUT2D eigenvalue weighted by Crippen LogP contribution is 2.34. The minimum absolute atomic E-state index is 0.133. The van der Waals surface area contributed by atoms with E-state index in [0.29, 0.717) is 27.2 Å². The van der Waals surface area contributed by atoms with E-state index in [9.17, 15) is 14.7 Å². The van der Waals surface area contributed by atoms with Crippen molar-refractivity contribution in [1.82, 2.24) is 14.3 Å². The molecule has 0 bridgehead atoms. The summed E-state index contributed by atoms with van der Waals surface area (Å²) in [7, 11) is 0. The number of carbonyl (C=O) groups is 1. The SMILES string of the molecule is Cc1ccc(CN2C(=O)/C(=C\c3c(NCC(O)c4ccccc4)nc4c(C)cccn4c3=O)SC2=S)cc1. The Bertz CT molecular complexity index is 1620. The van der Waals surface area contributed by atoms with E-state index >= 15 is 0 Å². The first kappa shape index (κ1) is 25.8. The molecule has 1 aliphatic heterocycles. The minimum atomic E-state index is -0.811. The maximum absolute atomic E-state index is 13.6. The van der Waals surface area contributed by atoms with Gasteiger partial charge in [0.25, 0.3) is 11.5 Å². The first-order chi connectivity index (χ1) is 18.3. The Morgan fingerprint density at radius 3 is 2.53 bits per heavy atom. The molecule has 38 heavy (non-hydrogen) atoms. The van der Waals surface area contributed by atoms with Crippen LogP contribution in [0.25, 0.3) is 11.7 Å². The highest BCUT2D eigenvalue weighted by atomic mass is 32.2. The molecule has 0 saturated carbocycles. The number of aliphatic hydroxyl groups excluding tert-OH is 1. The molecule has 5 rings (SSSR count). The molecule has 2 aromatic carbocycles. The normalized spacial score (nSPS) is 15.4. The van der Waals surface area contributed by atoms with Gasteiger partial charge in [-0.05, 0) is 42.7 Å². The van der Waals surface area contributed by atoms with Crippen molar-refractivity contribution in [1.29, 1.82) is 0 Å². The number of aliphatic hydroxyl groups is 1. The number of nitrogens with zero attached hydrogens (tertiary/aromatic N) is 3. The molecule has 0 spiro atoms. The van der Waals surface area contributed by atoms with E-state index in [2.05, 4.69) is 5.32 Å². The van der Waals surface area contributed by atoms with Gasteiger partial charge in [-0.1, -0.05) is 90.2 Å². The number of amides is 1. The number of thiocarbonyl (C=S) groups is 1. The van der Waals surface area contributed by atoms with Gasteiger partial charge in [-0.2, -0.15) is 0 Å². The molecule has 2 aromatic heterocycles. The standard InChI is InChI=1S/C29H26N4O3S2/c1-18-10-12-20(13-11-18)17-33-28(36)24(38-29(33)37)15-22-25(30-16-23(34)21-8-4-3-5-9-21)31-26-19(2)7-6-14-32(26)27(22)35/h3-15,23,30,34H,16-17H2,1-2H3/b24-15+. The summed E-state index contributed by atoms with van der Waals surface area (Å²) in [5.74, 6) is 0.0349. The minimum Gasteiger partial charge on any atom is -0.387 e. The first-order valence-electron chi connectivity index (χ1n) is 12.1. The van der Waals surface area contributed by atoms with Gasteiger partial charge in [0.05, 0.1) is 23.1 Å². The van der Waals surface area contributed by atoms with Gasteiger partial charge in [-0.15, -0.1) is 0 Å². The van der Waals surface area contributed by atoms with Crippen molar-refractivity contribution >= 4 is 51.7 Å². The zero-order valence-electron chi connectivity index (χ0n) is 20.9. The first-order valence-corrected chi connectivity index (χ1v) is 13.3. The molecule has 192 valence electrons. The van der Waals surface area contributed by atoms with E-state index in [1.807, 2.05) is 74.5 Å². The molecule has 0 aliphatic carbocycles. The molecule has 4 aromatic rings. The second-order valence-electron chi connectivity index (χ2n) is 9.12. The number of fused-ring (bicyclic) bond motifs is 1. The van der Waals surface area contributed by atoms with E-state index < -0.39 is 6.10 Å². The maximum Gasteiger partial charge on any atom is 0.267 e. The topological polar surface area (TPSA) is 86.9 Å². The third-order valence-electron chi connectivity index (χ3n) is 6.34. The number of hydrogen-bond donors (Lipinski definition) is 2. The number of rotatable bonds is 7. The van der Waals surface area contributed by atoms with Crippen LogP contribution >= 0.6 is 24.0 Å². The van der Waals surface area contributed by atoms with Crippen LogP contribution in [0.2, 0.25) is 0 Å². The van der Waals surface area contributed by atoms with Crippen molar-refractivity contribution in [3.8, 4) is 0 Å². The van der Waals surface area contributed by atoms with Gasteiger partial charge in [-0.25, -0.2) is 4.98 Å². The van der Waals surface area contributed by atoms with E-state index in [1.54, 1.807) is 23.2 Å². The highest BCUT2D eigenvalue weighted by Gasteiger charge is 2.32. The lowest BCUT2D eigenvalue weighted by Crippen LogP contribution is -2.27.